The maximum absolute atomic E-state index is 13.6. The van der Waals surface area contributed by atoms with Crippen molar-refractivity contribution in [3.8, 4) is 10.6 Å². The Morgan fingerprint density at radius 1 is 1.19 bits per heavy atom. The van der Waals surface area contributed by atoms with Crippen molar-refractivity contribution in [2.75, 3.05) is 7.11 Å². The minimum Gasteiger partial charge on any atom is -0.465 e. The van der Waals surface area contributed by atoms with E-state index < -0.39 is 17.6 Å². The minimum absolute atomic E-state index is 0.344. The average molecular weight is 391 g/mol. The van der Waals surface area contributed by atoms with E-state index in [0.717, 1.165) is 28.4 Å². The van der Waals surface area contributed by atoms with Gasteiger partial charge in [-0.05, 0) is 30.3 Å². The van der Waals surface area contributed by atoms with Crippen LogP contribution >= 0.6 is 23.1 Å². The third-order valence-corrected chi connectivity index (χ3v) is 5.55. The third-order valence-electron chi connectivity index (χ3n) is 3.60. The molecule has 3 rings (SSSR count). The SMILES string of the molecule is COC(=O)c1cccc(-c2nc(CSCc3cc(F)ccc3F)cs2)c1. The fourth-order valence-electron chi connectivity index (χ4n) is 2.32. The van der Waals surface area contributed by atoms with E-state index in [2.05, 4.69) is 4.98 Å². The van der Waals surface area contributed by atoms with Crippen molar-refractivity contribution < 1.29 is 18.3 Å². The predicted octanol–water partition coefficient (Wildman–Crippen LogP) is 5.31. The molecular formula is C19H15F2NO2S2. The number of aromatic nitrogens is 1. The zero-order valence-electron chi connectivity index (χ0n) is 13.9. The number of carbonyl (C=O) groups excluding carboxylic acids is 1. The molecule has 0 saturated heterocycles. The van der Waals surface area contributed by atoms with Crippen molar-refractivity contribution in [2.24, 2.45) is 0 Å². The Bertz CT molecular complexity index is 927. The van der Waals surface area contributed by atoms with Gasteiger partial charge in [0.05, 0.1) is 18.4 Å². The summed E-state index contributed by atoms with van der Waals surface area (Å²) in [7, 11) is 1.34. The molecule has 3 aromatic rings. The van der Waals surface area contributed by atoms with Crippen LogP contribution in [0.3, 0.4) is 0 Å². The average Bonchev–Trinajstić information content (AvgIpc) is 3.13. The third kappa shape index (κ3) is 4.47. The highest BCUT2D eigenvalue weighted by molar-refractivity contribution is 7.97. The summed E-state index contributed by atoms with van der Waals surface area (Å²) in [6.45, 7) is 0. The van der Waals surface area contributed by atoms with Gasteiger partial charge in [-0.2, -0.15) is 11.8 Å². The standard InChI is InChI=1S/C19H15F2NO2S2/c1-24-19(23)13-4-2-3-12(7-13)18-22-16(11-26-18)10-25-9-14-8-15(20)5-6-17(14)21/h2-8,11H,9-10H2,1H3. The van der Waals surface area contributed by atoms with Crippen LogP contribution in [0.5, 0.6) is 0 Å². The summed E-state index contributed by atoms with van der Waals surface area (Å²) in [5, 5.41) is 2.72. The van der Waals surface area contributed by atoms with Gasteiger partial charge in [-0.15, -0.1) is 11.3 Å². The molecule has 0 fully saturated rings. The number of thioether (sulfide) groups is 1. The van der Waals surface area contributed by atoms with Gasteiger partial charge in [-0.25, -0.2) is 18.6 Å². The van der Waals surface area contributed by atoms with Crippen molar-refractivity contribution in [1.82, 2.24) is 4.98 Å². The van der Waals surface area contributed by atoms with Gasteiger partial charge in [0.2, 0.25) is 0 Å². The van der Waals surface area contributed by atoms with Crippen molar-refractivity contribution >= 4 is 29.1 Å². The van der Waals surface area contributed by atoms with Gasteiger partial charge >= 0.3 is 5.97 Å². The Labute approximate surface area is 158 Å². The second-order valence-corrected chi connectivity index (χ2v) is 7.29. The molecule has 7 heteroatoms. The summed E-state index contributed by atoms with van der Waals surface area (Å²) < 4.78 is 31.5. The number of rotatable bonds is 6. The Kier molecular flexibility index (Phi) is 6.00. The monoisotopic (exact) mass is 391 g/mol. The molecule has 1 aromatic heterocycles. The fraction of sp³-hybridized carbons (Fsp3) is 0.158. The van der Waals surface area contributed by atoms with Gasteiger partial charge in [0.1, 0.15) is 16.6 Å². The van der Waals surface area contributed by atoms with E-state index in [1.165, 1.54) is 36.3 Å². The van der Waals surface area contributed by atoms with E-state index in [9.17, 15) is 13.6 Å². The van der Waals surface area contributed by atoms with Crippen LogP contribution < -0.4 is 0 Å². The molecule has 0 aliphatic heterocycles. The normalized spacial score (nSPS) is 10.7. The van der Waals surface area contributed by atoms with Gasteiger partial charge in [0, 0.05) is 28.0 Å². The Balaban J connectivity index is 1.65. The highest BCUT2D eigenvalue weighted by atomic mass is 32.2. The summed E-state index contributed by atoms with van der Waals surface area (Å²) in [4.78, 5) is 16.2. The summed E-state index contributed by atoms with van der Waals surface area (Å²) >= 11 is 2.94. The van der Waals surface area contributed by atoms with Crippen molar-refractivity contribution in [3.63, 3.8) is 0 Å². The molecule has 0 N–H and O–H groups in total. The lowest BCUT2D eigenvalue weighted by molar-refractivity contribution is 0.0601. The Hall–Kier alpha value is -2.25. The summed E-state index contributed by atoms with van der Waals surface area (Å²) in [6, 6.07) is 10.6. The molecule has 0 amide bonds. The van der Waals surface area contributed by atoms with Crippen LogP contribution in [-0.2, 0) is 16.2 Å². The predicted molar refractivity (Wildman–Crippen MR) is 100 cm³/mol. The lowest BCUT2D eigenvalue weighted by Gasteiger charge is -2.03. The molecule has 0 radical (unpaired) electrons. The Morgan fingerprint density at radius 2 is 2.04 bits per heavy atom. The minimum atomic E-state index is -0.441. The zero-order chi connectivity index (χ0) is 18.5. The number of halogens is 2. The molecule has 0 spiro atoms. The van der Waals surface area contributed by atoms with E-state index in [-0.39, 0.29) is 0 Å². The van der Waals surface area contributed by atoms with Crippen LogP contribution in [-0.4, -0.2) is 18.1 Å². The number of benzene rings is 2. The molecule has 26 heavy (non-hydrogen) atoms. The summed E-state index contributed by atoms with van der Waals surface area (Å²) in [5.74, 6) is -0.283. The lowest BCUT2D eigenvalue weighted by atomic mass is 10.1. The van der Waals surface area contributed by atoms with Gasteiger partial charge in [-0.1, -0.05) is 12.1 Å². The van der Waals surface area contributed by atoms with Crippen molar-refractivity contribution in [2.45, 2.75) is 11.5 Å². The topological polar surface area (TPSA) is 39.2 Å². The van der Waals surface area contributed by atoms with E-state index in [0.29, 0.717) is 22.6 Å². The molecule has 0 saturated carbocycles. The van der Waals surface area contributed by atoms with Gasteiger partial charge in [0.15, 0.2) is 0 Å². The largest absolute Gasteiger partial charge is 0.465 e. The van der Waals surface area contributed by atoms with Crippen LogP contribution in [0.15, 0.2) is 47.8 Å². The van der Waals surface area contributed by atoms with Gasteiger partial charge in [0.25, 0.3) is 0 Å². The number of hydrogen-bond acceptors (Lipinski definition) is 5. The molecular weight excluding hydrogens is 376 g/mol. The first-order valence-corrected chi connectivity index (χ1v) is 9.75. The first-order valence-electron chi connectivity index (χ1n) is 7.71. The fourth-order valence-corrected chi connectivity index (χ4v) is 4.14. The maximum atomic E-state index is 13.6. The Morgan fingerprint density at radius 3 is 2.85 bits per heavy atom. The highest BCUT2D eigenvalue weighted by Gasteiger charge is 2.10. The van der Waals surface area contributed by atoms with Crippen LogP contribution in [0.4, 0.5) is 8.78 Å². The molecule has 1 heterocycles. The molecule has 0 unspecified atom stereocenters. The molecule has 2 aromatic carbocycles. The number of esters is 1. The molecule has 0 aliphatic carbocycles. The maximum Gasteiger partial charge on any atom is 0.337 e. The van der Waals surface area contributed by atoms with Crippen molar-refractivity contribution in [3.05, 3.63) is 76.3 Å². The first kappa shape index (κ1) is 18.5. The highest BCUT2D eigenvalue weighted by Crippen LogP contribution is 2.27. The molecule has 0 bridgehead atoms. The van der Waals surface area contributed by atoms with Gasteiger partial charge < -0.3 is 4.74 Å². The molecule has 0 aliphatic rings. The van der Waals surface area contributed by atoms with E-state index in [4.69, 9.17) is 4.74 Å². The second-order valence-electron chi connectivity index (χ2n) is 5.44. The van der Waals surface area contributed by atoms with Gasteiger partial charge in [-0.3, -0.25) is 0 Å². The van der Waals surface area contributed by atoms with Crippen LogP contribution in [0.25, 0.3) is 10.6 Å². The quantitative estimate of drug-likeness (QED) is 0.534. The van der Waals surface area contributed by atoms with E-state index in [1.54, 1.807) is 18.2 Å². The number of thiazole rings is 1. The first-order chi connectivity index (χ1) is 12.6. The van der Waals surface area contributed by atoms with Crippen LogP contribution in [0.2, 0.25) is 0 Å². The zero-order valence-corrected chi connectivity index (χ0v) is 15.5. The molecule has 3 nitrogen and oxygen atoms in total. The van der Waals surface area contributed by atoms with Crippen molar-refractivity contribution in [1.29, 1.82) is 0 Å². The molecule has 134 valence electrons. The lowest BCUT2D eigenvalue weighted by Crippen LogP contribution is -2.00. The number of methoxy groups -OCH3 is 1. The van der Waals surface area contributed by atoms with Crippen LogP contribution in [0.1, 0.15) is 21.6 Å². The van der Waals surface area contributed by atoms with Crippen LogP contribution in [0, 0.1) is 11.6 Å². The van der Waals surface area contributed by atoms with E-state index in [1.807, 2.05) is 11.4 Å². The smallest absolute Gasteiger partial charge is 0.337 e. The second kappa shape index (κ2) is 8.42. The number of ether oxygens (including phenoxy) is 1. The molecule has 0 atom stereocenters. The number of nitrogens with zero attached hydrogens (tertiary/aromatic N) is 1. The number of hydrogen-bond donors (Lipinski definition) is 0. The summed E-state index contributed by atoms with van der Waals surface area (Å²) in [6.07, 6.45) is 0. The number of carbonyl (C=O) groups is 1. The summed E-state index contributed by atoms with van der Waals surface area (Å²) in [5.41, 5.74) is 2.51. The van der Waals surface area contributed by atoms with E-state index >= 15 is 0 Å².